The van der Waals surface area contributed by atoms with Gasteiger partial charge in [0, 0.05) is 24.5 Å². The van der Waals surface area contributed by atoms with Gasteiger partial charge in [-0.2, -0.15) is 0 Å². The summed E-state index contributed by atoms with van der Waals surface area (Å²) in [6, 6.07) is 20.3. The van der Waals surface area contributed by atoms with E-state index in [0.29, 0.717) is 6.04 Å². The van der Waals surface area contributed by atoms with Gasteiger partial charge in [0.05, 0.1) is 7.11 Å². The highest BCUT2D eigenvalue weighted by Crippen LogP contribution is 2.41. The highest BCUT2D eigenvalue weighted by atomic mass is 16.5. The van der Waals surface area contributed by atoms with E-state index in [2.05, 4.69) is 64.8 Å². The fraction of sp³-hybridized carbons (Fsp3) is 0.538. The van der Waals surface area contributed by atoms with Gasteiger partial charge in [-0.3, -0.25) is 0 Å². The number of methoxy groups -OCH3 is 1. The third kappa shape index (κ3) is 5.21. The number of nitrogens with one attached hydrogen (secondary N) is 1. The summed E-state index contributed by atoms with van der Waals surface area (Å²) in [5.74, 6) is 0.991. The van der Waals surface area contributed by atoms with Gasteiger partial charge in [0.15, 0.2) is 0 Å². The second kappa shape index (κ2) is 9.77. The molecule has 2 fully saturated rings. The summed E-state index contributed by atoms with van der Waals surface area (Å²) in [6.45, 7) is 4.71. The van der Waals surface area contributed by atoms with Crippen molar-refractivity contribution in [3.8, 4) is 5.75 Å². The van der Waals surface area contributed by atoms with E-state index in [1.807, 2.05) is 0 Å². The third-order valence-electron chi connectivity index (χ3n) is 7.04. The maximum atomic E-state index is 5.56. The molecule has 4 rings (SSSR count). The normalized spacial score (nSPS) is 25.6. The molecule has 29 heavy (non-hydrogen) atoms. The Morgan fingerprint density at radius 2 is 1.72 bits per heavy atom. The molecule has 1 aliphatic heterocycles. The van der Waals surface area contributed by atoms with E-state index < -0.39 is 0 Å². The van der Waals surface area contributed by atoms with Gasteiger partial charge in [-0.25, -0.2) is 0 Å². The minimum Gasteiger partial charge on any atom is -0.497 e. The zero-order valence-electron chi connectivity index (χ0n) is 17.9. The van der Waals surface area contributed by atoms with Gasteiger partial charge >= 0.3 is 0 Å². The highest BCUT2D eigenvalue weighted by molar-refractivity contribution is 5.35. The van der Waals surface area contributed by atoms with Crippen molar-refractivity contribution in [1.82, 2.24) is 10.2 Å². The summed E-state index contributed by atoms with van der Waals surface area (Å²) in [5, 5.41) is 3.82. The fourth-order valence-corrected chi connectivity index (χ4v) is 5.27. The molecule has 1 saturated carbocycles. The molecule has 3 nitrogen and oxygen atoms in total. The molecule has 0 unspecified atom stereocenters. The number of ether oxygens (including phenoxy) is 1. The van der Waals surface area contributed by atoms with Crippen LogP contribution in [-0.4, -0.2) is 37.7 Å². The summed E-state index contributed by atoms with van der Waals surface area (Å²) in [5.41, 5.74) is 3.12. The molecule has 1 aliphatic carbocycles. The molecular weight excluding hydrogens is 356 g/mol. The van der Waals surface area contributed by atoms with E-state index in [9.17, 15) is 0 Å². The molecule has 0 radical (unpaired) electrons. The van der Waals surface area contributed by atoms with Crippen LogP contribution in [0.2, 0.25) is 0 Å². The lowest BCUT2D eigenvalue weighted by molar-refractivity contribution is 0.136. The van der Waals surface area contributed by atoms with Crippen molar-refractivity contribution in [2.75, 3.05) is 26.7 Å². The van der Waals surface area contributed by atoms with Crippen molar-refractivity contribution < 1.29 is 4.74 Å². The summed E-state index contributed by atoms with van der Waals surface area (Å²) in [7, 11) is 1.78. The number of nitrogens with zero attached hydrogens (tertiary/aromatic N) is 1. The van der Waals surface area contributed by atoms with E-state index in [1.165, 1.54) is 75.7 Å². The Balaban J connectivity index is 1.45. The molecule has 156 valence electrons. The zero-order chi connectivity index (χ0) is 19.9. The molecule has 0 bridgehead atoms. The minimum absolute atomic E-state index is 0.261. The van der Waals surface area contributed by atoms with E-state index in [0.717, 1.165) is 12.3 Å². The first-order valence-corrected chi connectivity index (χ1v) is 11.4. The SMILES string of the molecule is COc1cccc(C2(CN3CCCCC3)CCC(NCc3ccccc3)CC2)c1. The summed E-state index contributed by atoms with van der Waals surface area (Å²) in [4.78, 5) is 2.72. The number of benzene rings is 2. The fourth-order valence-electron chi connectivity index (χ4n) is 5.27. The lowest BCUT2D eigenvalue weighted by Gasteiger charge is -2.45. The maximum absolute atomic E-state index is 5.56. The first-order valence-electron chi connectivity index (χ1n) is 11.4. The first kappa shape index (κ1) is 20.4. The van der Waals surface area contributed by atoms with Gasteiger partial charge < -0.3 is 15.0 Å². The molecular formula is C26H36N2O. The van der Waals surface area contributed by atoms with Gasteiger partial charge in [-0.15, -0.1) is 0 Å². The Bertz CT molecular complexity index is 746. The van der Waals surface area contributed by atoms with E-state index in [1.54, 1.807) is 7.11 Å². The van der Waals surface area contributed by atoms with Gasteiger partial charge in [-0.1, -0.05) is 48.9 Å². The predicted molar refractivity (Wildman–Crippen MR) is 121 cm³/mol. The summed E-state index contributed by atoms with van der Waals surface area (Å²) >= 11 is 0. The summed E-state index contributed by atoms with van der Waals surface area (Å²) < 4.78 is 5.56. The monoisotopic (exact) mass is 392 g/mol. The van der Waals surface area contributed by atoms with Crippen LogP contribution in [0.3, 0.4) is 0 Å². The predicted octanol–water partition coefficient (Wildman–Crippen LogP) is 5.15. The van der Waals surface area contributed by atoms with Crippen molar-refractivity contribution in [3.63, 3.8) is 0 Å². The molecule has 0 amide bonds. The number of piperidine rings is 1. The van der Waals surface area contributed by atoms with Crippen LogP contribution in [-0.2, 0) is 12.0 Å². The molecule has 0 spiro atoms. The van der Waals surface area contributed by atoms with Crippen LogP contribution in [0, 0.1) is 0 Å². The molecule has 0 atom stereocenters. The average molecular weight is 393 g/mol. The van der Waals surface area contributed by atoms with Crippen LogP contribution in [0.15, 0.2) is 54.6 Å². The summed E-state index contributed by atoms with van der Waals surface area (Å²) in [6.07, 6.45) is 9.11. The molecule has 1 saturated heterocycles. The Labute approximate surface area is 176 Å². The zero-order valence-corrected chi connectivity index (χ0v) is 17.9. The van der Waals surface area contributed by atoms with Crippen molar-refractivity contribution >= 4 is 0 Å². The highest BCUT2D eigenvalue weighted by Gasteiger charge is 2.38. The van der Waals surface area contributed by atoms with Crippen LogP contribution in [0.1, 0.15) is 56.1 Å². The molecule has 2 aromatic rings. The van der Waals surface area contributed by atoms with Crippen LogP contribution in [0.5, 0.6) is 5.75 Å². The second-order valence-electron chi connectivity index (χ2n) is 8.99. The minimum atomic E-state index is 0.261. The number of hydrogen-bond acceptors (Lipinski definition) is 3. The molecule has 3 heteroatoms. The Morgan fingerprint density at radius 1 is 0.966 bits per heavy atom. The van der Waals surface area contributed by atoms with Gasteiger partial charge in [0.25, 0.3) is 0 Å². The van der Waals surface area contributed by atoms with Crippen molar-refractivity contribution in [2.45, 2.75) is 62.9 Å². The van der Waals surface area contributed by atoms with Gasteiger partial charge in [0.2, 0.25) is 0 Å². The lowest BCUT2D eigenvalue weighted by Crippen LogP contribution is -2.47. The van der Waals surface area contributed by atoms with Crippen LogP contribution in [0.25, 0.3) is 0 Å². The van der Waals surface area contributed by atoms with Crippen LogP contribution in [0.4, 0.5) is 0 Å². The maximum Gasteiger partial charge on any atom is 0.119 e. The smallest absolute Gasteiger partial charge is 0.119 e. The number of hydrogen-bond donors (Lipinski definition) is 1. The van der Waals surface area contributed by atoms with Gasteiger partial charge in [-0.05, 0) is 74.9 Å². The average Bonchev–Trinajstić information content (AvgIpc) is 2.80. The van der Waals surface area contributed by atoms with E-state index >= 15 is 0 Å². The van der Waals surface area contributed by atoms with Crippen LogP contribution >= 0.6 is 0 Å². The van der Waals surface area contributed by atoms with Crippen LogP contribution < -0.4 is 10.1 Å². The lowest BCUT2D eigenvalue weighted by atomic mass is 9.67. The van der Waals surface area contributed by atoms with E-state index in [-0.39, 0.29) is 5.41 Å². The Hall–Kier alpha value is -1.84. The third-order valence-corrected chi connectivity index (χ3v) is 7.04. The largest absolute Gasteiger partial charge is 0.497 e. The quantitative estimate of drug-likeness (QED) is 0.705. The molecule has 2 aliphatic rings. The van der Waals surface area contributed by atoms with Crippen molar-refractivity contribution in [1.29, 1.82) is 0 Å². The van der Waals surface area contributed by atoms with Crippen molar-refractivity contribution in [3.05, 3.63) is 65.7 Å². The molecule has 2 aromatic carbocycles. The Kier molecular flexibility index (Phi) is 6.89. The number of rotatable bonds is 7. The second-order valence-corrected chi connectivity index (χ2v) is 8.99. The first-order chi connectivity index (χ1) is 14.3. The molecule has 1 N–H and O–H groups in total. The molecule has 0 aromatic heterocycles. The Morgan fingerprint density at radius 3 is 2.45 bits per heavy atom. The topological polar surface area (TPSA) is 24.5 Å². The number of likely N-dealkylation sites (tertiary alicyclic amines) is 1. The van der Waals surface area contributed by atoms with E-state index in [4.69, 9.17) is 4.74 Å². The van der Waals surface area contributed by atoms with Crippen molar-refractivity contribution in [2.24, 2.45) is 0 Å². The standard InChI is InChI=1S/C26H36N2O/c1-29-25-12-8-11-23(19-25)26(21-28-17-6-3-7-18-28)15-13-24(14-16-26)27-20-22-9-4-2-5-10-22/h2,4-5,8-12,19,24,27H,3,6-7,13-18,20-21H2,1H3. The molecule has 1 heterocycles. The van der Waals surface area contributed by atoms with Gasteiger partial charge in [0.1, 0.15) is 5.75 Å².